The lowest BCUT2D eigenvalue weighted by atomic mass is 9.80. The molecule has 2 heterocycles. The molecule has 2 amide bonds. The summed E-state index contributed by atoms with van der Waals surface area (Å²) in [5.74, 6) is -0.357. The Hall–Kier alpha value is -2.24. The number of hydrogen-bond acceptors (Lipinski definition) is 4. The van der Waals surface area contributed by atoms with Crippen LogP contribution in [0.1, 0.15) is 24.1 Å². The zero-order valence-electron chi connectivity index (χ0n) is 11.5. The van der Waals surface area contributed by atoms with Gasteiger partial charge in [0.1, 0.15) is 11.7 Å². The van der Waals surface area contributed by atoms with Crippen LogP contribution < -0.4 is 15.4 Å². The summed E-state index contributed by atoms with van der Waals surface area (Å²) in [4.78, 5) is 23.9. The molecule has 2 N–H and O–H groups in total. The first-order chi connectivity index (χ1) is 9.46. The molecule has 3 rings (SSSR count). The molecule has 3 atom stereocenters. The van der Waals surface area contributed by atoms with E-state index in [1.54, 1.807) is 6.92 Å². The monoisotopic (exact) mass is 276 g/mol. The van der Waals surface area contributed by atoms with Gasteiger partial charge >= 0.3 is 12.0 Å². The number of urea groups is 1. The van der Waals surface area contributed by atoms with E-state index in [1.165, 1.54) is 7.11 Å². The maximum absolute atomic E-state index is 12.1. The predicted octanol–water partition coefficient (Wildman–Crippen LogP) is 1.25. The van der Waals surface area contributed by atoms with E-state index in [-0.39, 0.29) is 6.03 Å². The number of aryl methyl sites for hydroxylation is 1. The highest BCUT2D eigenvalue weighted by Crippen LogP contribution is 2.46. The number of esters is 1. The third kappa shape index (κ3) is 1.64. The largest absolute Gasteiger partial charge is 0.469 e. The van der Waals surface area contributed by atoms with Crippen molar-refractivity contribution in [2.45, 2.75) is 25.6 Å². The molecule has 6 heteroatoms. The van der Waals surface area contributed by atoms with Gasteiger partial charge in [0.2, 0.25) is 0 Å². The first-order valence-corrected chi connectivity index (χ1v) is 6.41. The van der Waals surface area contributed by atoms with Crippen molar-refractivity contribution in [3.05, 3.63) is 29.3 Å². The Morgan fingerprint density at radius 2 is 2.20 bits per heavy atom. The molecule has 6 nitrogen and oxygen atoms in total. The van der Waals surface area contributed by atoms with Crippen molar-refractivity contribution in [2.24, 2.45) is 5.92 Å². The number of methoxy groups -OCH3 is 1. The number of benzene rings is 1. The van der Waals surface area contributed by atoms with E-state index in [2.05, 4.69) is 10.6 Å². The predicted molar refractivity (Wildman–Crippen MR) is 70.1 cm³/mol. The highest BCUT2D eigenvalue weighted by atomic mass is 16.5. The molecule has 2 bridgehead atoms. The molecule has 1 fully saturated rings. The second-order valence-electron chi connectivity index (χ2n) is 5.28. The van der Waals surface area contributed by atoms with Crippen LogP contribution in [0.25, 0.3) is 0 Å². The van der Waals surface area contributed by atoms with Crippen LogP contribution in [0, 0.1) is 12.8 Å². The van der Waals surface area contributed by atoms with Gasteiger partial charge in [-0.3, -0.25) is 10.1 Å². The number of hydrogen-bond donors (Lipinski definition) is 2. The first-order valence-electron chi connectivity index (χ1n) is 6.41. The maximum Gasteiger partial charge on any atom is 0.318 e. The Bertz CT molecular complexity index is 601. The van der Waals surface area contributed by atoms with E-state index in [0.717, 1.165) is 11.1 Å². The minimum absolute atomic E-state index is 0.357. The van der Waals surface area contributed by atoms with Crippen LogP contribution in [-0.2, 0) is 9.53 Å². The number of ether oxygens (including phenoxy) is 2. The lowest BCUT2D eigenvalue weighted by Gasteiger charge is -2.49. The SMILES string of the molecule is COC(=O)C1C2NC(=O)NC1(C)Oc1c(C)cccc12. The standard InChI is InChI=1S/C14H16N2O4/c1-7-5-4-6-8-10-9(12(17)19-3)14(2,20-11(7)8)16-13(18)15-10/h4-6,9-10H,1-3H3,(H2,15,16,18). The van der Waals surface area contributed by atoms with E-state index in [4.69, 9.17) is 9.47 Å². The molecule has 0 saturated carbocycles. The molecule has 1 aromatic carbocycles. The fraction of sp³-hybridized carbons (Fsp3) is 0.429. The second kappa shape index (κ2) is 4.13. The molecule has 2 aliphatic rings. The Morgan fingerprint density at radius 3 is 2.90 bits per heavy atom. The van der Waals surface area contributed by atoms with Gasteiger partial charge in [-0.25, -0.2) is 4.79 Å². The Kier molecular flexibility index (Phi) is 2.64. The van der Waals surface area contributed by atoms with Gasteiger partial charge in [0.15, 0.2) is 5.72 Å². The normalized spacial score (nSPS) is 30.4. The van der Waals surface area contributed by atoms with E-state index in [9.17, 15) is 9.59 Å². The molecule has 1 aromatic rings. The summed E-state index contributed by atoms with van der Waals surface area (Å²) in [7, 11) is 1.33. The fourth-order valence-electron chi connectivity index (χ4n) is 2.99. The van der Waals surface area contributed by atoms with Crippen molar-refractivity contribution >= 4 is 12.0 Å². The third-order valence-corrected chi connectivity index (χ3v) is 3.92. The van der Waals surface area contributed by atoms with Crippen molar-refractivity contribution in [2.75, 3.05) is 7.11 Å². The van der Waals surface area contributed by atoms with Gasteiger partial charge < -0.3 is 14.8 Å². The summed E-state index contributed by atoms with van der Waals surface area (Å²) in [5, 5.41) is 5.48. The maximum atomic E-state index is 12.1. The number of nitrogens with one attached hydrogen (secondary N) is 2. The summed E-state index contributed by atoms with van der Waals surface area (Å²) in [5.41, 5.74) is 0.645. The van der Waals surface area contributed by atoms with Gasteiger partial charge in [0.25, 0.3) is 0 Å². The zero-order chi connectivity index (χ0) is 14.5. The Labute approximate surface area is 116 Å². The van der Waals surface area contributed by atoms with Gasteiger partial charge in [-0.1, -0.05) is 18.2 Å². The summed E-state index contributed by atoms with van der Waals surface area (Å²) in [6, 6.07) is 4.85. The average molecular weight is 276 g/mol. The van der Waals surface area contributed by atoms with E-state index in [1.807, 2.05) is 25.1 Å². The molecule has 106 valence electrons. The quantitative estimate of drug-likeness (QED) is 0.757. The van der Waals surface area contributed by atoms with E-state index in [0.29, 0.717) is 5.75 Å². The van der Waals surface area contributed by atoms with Gasteiger partial charge in [0.05, 0.1) is 13.2 Å². The topological polar surface area (TPSA) is 76.7 Å². The van der Waals surface area contributed by atoms with Crippen molar-refractivity contribution in [3.8, 4) is 5.75 Å². The number of rotatable bonds is 1. The van der Waals surface area contributed by atoms with E-state index >= 15 is 0 Å². The molecule has 20 heavy (non-hydrogen) atoms. The molecule has 0 spiro atoms. The lowest BCUT2D eigenvalue weighted by Crippen LogP contribution is -2.70. The molecule has 0 aromatic heterocycles. The molecule has 1 saturated heterocycles. The summed E-state index contributed by atoms with van der Waals surface area (Å²) in [6.45, 7) is 3.62. The molecule has 3 unspecified atom stereocenters. The third-order valence-electron chi connectivity index (χ3n) is 3.92. The molecule has 2 aliphatic heterocycles. The number of carbonyl (C=O) groups is 2. The van der Waals surface area contributed by atoms with Gasteiger partial charge in [-0.2, -0.15) is 0 Å². The van der Waals surface area contributed by atoms with Crippen molar-refractivity contribution in [1.29, 1.82) is 0 Å². The Balaban J connectivity index is 2.18. The van der Waals surface area contributed by atoms with Crippen LogP contribution in [0.15, 0.2) is 18.2 Å². The lowest BCUT2D eigenvalue weighted by molar-refractivity contribution is -0.160. The van der Waals surface area contributed by atoms with Crippen LogP contribution in [0.2, 0.25) is 0 Å². The van der Waals surface area contributed by atoms with Crippen LogP contribution >= 0.6 is 0 Å². The van der Waals surface area contributed by atoms with Crippen LogP contribution in [0.3, 0.4) is 0 Å². The first kappa shape index (κ1) is 12.8. The summed E-state index contributed by atoms with van der Waals surface area (Å²) in [6.07, 6.45) is 0. The second-order valence-corrected chi connectivity index (χ2v) is 5.28. The number of para-hydroxylation sites is 1. The summed E-state index contributed by atoms with van der Waals surface area (Å²) < 4.78 is 10.8. The van der Waals surface area contributed by atoms with Crippen molar-refractivity contribution in [1.82, 2.24) is 10.6 Å². The molecule has 0 radical (unpaired) electrons. The highest BCUT2D eigenvalue weighted by Gasteiger charge is 2.56. The fourth-order valence-corrected chi connectivity index (χ4v) is 2.99. The highest BCUT2D eigenvalue weighted by molar-refractivity contribution is 5.84. The molecular formula is C14H16N2O4. The van der Waals surface area contributed by atoms with Crippen molar-refractivity contribution in [3.63, 3.8) is 0 Å². The van der Waals surface area contributed by atoms with Gasteiger partial charge in [-0.05, 0) is 19.4 Å². The molecule has 0 aliphatic carbocycles. The van der Waals surface area contributed by atoms with Crippen LogP contribution in [0.4, 0.5) is 4.79 Å². The van der Waals surface area contributed by atoms with Crippen LogP contribution in [0.5, 0.6) is 5.75 Å². The minimum atomic E-state index is -1.11. The van der Waals surface area contributed by atoms with Gasteiger partial charge in [0, 0.05) is 5.56 Å². The molecular weight excluding hydrogens is 260 g/mol. The average Bonchev–Trinajstić information content (AvgIpc) is 2.38. The van der Waals surface area contributed by atoms with Gasteiger partial charge in [-0.15, -0.1) is 0 Å². The number of carbonyl (C=O) groups excluding carboxylic acids is 2. The summed E-state index contributed by atoms with van der Waals surface area (Å²) >= 11 is 0. The van der Waals surface area contributed by atoms with Crippen molar-refractivity contribution < 1.29 is 19.1 Å². The Morgan fingerprint density at radius 1 is 1.45 bits per heavy atom. The van der Waals surface area contributed by atoms with Crippen LogP contribution in [-0.4, -0.2) is 24.8 Å². The zero-order valence-corrected chi connectivity index (χ0v) is 11.5. The number of amides is 2. The minimum Gasteiger partial charge on any atom is -0.469 e. The number of fused-ring (bicyclic) bond motifs is 4. The van der Waals surface area contributed by atoms with E-state index < -0.39 is 23.7 Å². The smallest absolute Gasteiger partial charge is 0.318 e.